The quantitative estimate of drug-likeness (QED) is 0.653. The second-order valence-corrected chi connectivity index (χ2v) is 2.85. The molecule has 1 atom stereocenters. The van der Waals surface area contributed by atoms with Crippen LogP contribution in [0.3, 0.4) is 0 Å². The van der Waals surface area contributed by atoms with Gasteiger partial charge < -0.3 is 15.2 Å². The fourth-order valence-corrected chi connectivity index (χ4v) is 1.47. The summed E-state index contributed by atoms with van der Waals surface area (Å²) >= 11 is 0. The van der Waals surface area contributed by atoms with Gasteiger partial charge in [0, 0.05) is 5.56 Å². The Morgan fingerprint density at radius 2 is 2.42 bits per heavy atom. The Labute approximate surface area is 71.0 Å². The third kappa shape index (κ3) is 0.940. The minimum atomic E-state index is 0.215. The summed E-state index contributed by atoms with van der Waals surface area (Å²) in [4.78, 5) is 0. The lowest BCUT2D eigenvalue weighted by Crippen LogP contribution is -2.16. The molecule has 3 heteroatoms. The molecule has 0 aliphatic carbocycles. The van der Waals surface area contributed by atoms with E-state index in [1.54, 1.807) is 6.07 Å². The van der Waals surface area contributed by atoms with Gasteiger partial charge in [0.05, 0.1) is 6.04 Å². The first-order valence-electron chi connectivity index (χ1n) is 3.95. The fourth-order valence-electron chi connectivity index (χ4n) is 1.47. The van der Waals surface area contributed by atoms with E-state index >= 15 is 0 Å². The number of hydrogen-bond donors (Lipinski definition) is 2. The minimum Gasteiger partial charge on any atom is -0.504 e. The van der Waals surface area contributed by atoms with Gasteiger partial charge >= 0.3 is 0 Å². The lowest BCUT2D eigenvalue weighted by molar-refractivity contribution is 0.305. The van der Waals surface area contributed by atoms with Crippen molar-refractivity contribution in [3.63, 3.8) is 0 Å². The number of aromatic hydroxyl groups is 1. The van der Waals surface area contributed by atoms with Gasteiger partial charge in [-0.1, -0.05) is 12.1 Å². The molecule has 0 fully saturated rings. The van der Waals surface area contributed by atoms with Crippen molar-refractivity contribution in [2.75, 3.05) is 13.7 Å². The highest BCUT2D eigenvalue weighted by molar-refractivity contribution is 5.49. The first kappa shape index (κ1) is 7.43. The average Bonchev–Trinajstić information content (AvgIpc) is 2.49. The highest BCUT2D eigenvalue weighted by Gasteiger charge is 2.24. The second-order valence-electron chi connectivity index (χ2n) is 2.85. The maximum Gasteiger partial charge on any atom is 0.165 e. The van der Waals surface area contributed by atoms with Crippen LogP contribution in [0.4, 0.5) is 0 Å². The van der Waals surface area contributed by atoms with E-state index in [1.165, 1.54) is 0 Å². The normalized spacial score (nSPS) is 20.2. The first-order valence-corrected chi connectivity index (χ1v) is 3.95. The van der Waals surface area contributed by atoms with Crippen molar-refractivity contribution < 1.29 is 9.84 Å². The summed E-state index contributed by atoms with van der Waals surface area (Å²) in [6.45, 7) is 0.601. The van der Waals surface area contributed by atoms with Gasteiger partial charge in [0.1, 0.15) is 6.61 Å². The summed E-state index contributed by atoms with van der Waals surface area (Å²) in [5, 5.41) is 12.5. The fraction of sp³-hybridized carbons (Fsp3) is 0.333. The van der Waals surface area contributed by atoms with Crippen molar-refractivity contribution in [3.05, 3.63) is 23.8 Å². The van der Waals surface area contributed by atoms with E-state index < -0.39 is 0 Å². The van der Waals surface area contributed by atoms with E-state index in [-0.39, 0.29) is 11.8 Å². The van der Waals surface area contributed by atoms with Crippen molar-refractivity contribution in [1.82, 2.24) is 5.32 Å². The number of likely N-dealkylation sites (N-methyl/N-ethyl adjacent to an activating group) is 1. The summed E-state index contributed by atoms with van der Waals surface area (Å²) in [6.07, 6.45) is 0. The predicted octanol–water partition coefficient (Wildman–Crippen LogP) is 1.05. The number of ether oxygens (including phenoxy) is 1. The van der Waals surface area contributed by atoms with Crippen LogP contribution in [0.2, 0.25) is 0 Å². The van der Waals surface area contributed by atoms with E-state index in [9.17, 15) is 5.11 Å². The highest BCUT2D eigenvalue weighted by atomic mass is 16.5. The average molecular weight is 165 g/mol. The zero-order valence-corrected chi connectivity index (χ0v) is 6.87. The number of fused-ring (bicyclic) bond motifs is 1. The molecule has 1 aromatic rings. The van der Waals surface area contributed by atoms with Crippen molar-refractivity contribution in [2.45, 2.75) is 6.04 Å². The SMILES string of the molecule is CNC1COc2c(O)cccc21. The van der Waals surface area contributed by atoms with Crippen LogP contribution in [0.1, 0.15) is 11.6 Å². The van der Waals surface area contributed by atoms with Gasteiger partial charge in [-0.3, -0.25) is 0 Å². The van der Waals surface area contributed by atoms with E-state index in [1.807, 2.05) is 19.2 Å². The third-order valence-electron chi connectivity index (χ3n) is 2.14. The molecule has 0 saturated carbocycles. The Kier molecular flexibility index (Phi) is 1.66. The molecule has 0 amide bonds. The number of phenolic OH excluding ortho intramolecular Hbond substituents is 1. The van der Waals surface area contributed by atoms with Crippen LogP contribution in [0, 0.1) is 0 Å². The number of benzene rings is 1. The summed E-state index contributed by atoms with van der Waals surface area (Å²) in [6, 6.07) is 5.64. The van der Waals surface area contributed by atoms with Gasteiger partial charge in [-0.25, -0.2) is 0 Å². The van der Waals surface area contributed by atoms with Gasteiger partial charge in [0.2, 0.25) is 0 Å². The third-order valence-corrected chi connectivity index (χ3v) is 2.14. The van der Waals surface area contributed by atoms with Gasteiger partial charge in [-0.05, 0) is 13.1 Å². The summed E-state index contributed by atoms with van der Waals surface area (Å²) in [5.41, 5.74) is 1.04. The monoisotopic (exact) mass is 165 g/mol. The first-order chi connectivity index (χ1) is 5.83. The molecule has 3 nitrogen and oxygen atoms in total. The van der Waals surface area contributed by atoms with E-state index in [0.29, 0.717) is 12.4 Å². The molecule has 64 valence electrons. The molecular formula is C9H11NO2. The molecule has 2 N–H and O–H groups in total. The molecule has 1 aliphatic heterocycles. The molecule has 1 unspecified atom stereocenters. The minimum absolute atomic E-state index is 0.215. The molecule has 0 radical (unpaired) electrons. The number of nitrogens with one attached hydrogen (secondary N) is 1. The standard InChI is InChI=1S/C9H11NO2/c1-10-7-5-12-9-6(7)3-2-4-8(9)11/h2-4,7,10-11H,5H2,1H3. The molecule has 2 rings (SSSR count). The van der Waals surface area contributed by atoms with Crippen LogP contribution in [0.5, 0.6) is 11.5 Å². The molecule has 0 bridgehead atoms. The molecule has 0 spiro atoms. The Morgan fingerprint density at radius 3 is 3.17 bits per heavy atom. The summed E-state index contributed by atoms with van der Waals surface area (Å²) in [5.74, 6) is 0.849. The van der Waals surface area contributed by atoms with E-state index in [4.69, 9.17) is 4.74 Å². The zero-order valence-electron chi connectivity index (χ0n) is 6.87. The van der Waals surface area contributed by atoms with Crippen LogP contribution < -0.4 is 10.1 Å². The van der Waals surface area contributed by atoms with Crippen molar-refractivity contribution in [1.29, 1.82) is 0 Å². The Hall–Kier alpha value is -1.22. The van der Waals surface area contributed by atoms with Crippen LogP contribution >= 0.6 is 0 Å². The topological polar surface area (TPSA) is 41.5 Å². The number of hydrogen-bond acceptors (Lipinski definition) is 3. The summed E-state index contributed by atoms with van der Waals surface area (Å²) < 4.78 is 5.32. The van der Waals surface area contributed by atoms with Crippen LogP contribution in [0.25, 0.3) is 0 Å². The molecule has 1 heterocycles. The lowest BCUT2D eigenvalue weighted by Gasteiger charge is -2.05. The number of phenols is 1. The largest absolute Gasteiger partial charge is 0.504 e. The van der Waals surface area contributed by atoms with Crippen molar-refractivity contribution in [3.8, 4) is 11.5 Å². The number of rotatable bonds is 1. The van der Waals surface area contributed by atoms with Crippen molar-refractivity contribution >= 4 is 0 Å². The second kappa shape index (κ2) is 2.68. The molecule has 0 aromatic heterocycles. The van der Waals surface area contributed by atoms with Crippen LogP contribution in [-0.2, 0) is 0 Å². The maximum absolute atomic E-state index is 9.39. The van der Waals surface area contributed by atoms with Gasteiger partial charge in [-0.2, -0.15) is 0 Å². The van der Waals surface area contributed by atoms with Crippen LogP contribution in [-0.4, -0.2) is 18.8 Å². The van der Waals surface area contributed by atoms with Gasteiger partial charge in [0.15, 0.2) is 11.5 Å². The van der Waals surface area contributed by atoms with E-state index in [0.717, 1.165) is 5.56 Å². The number of para-hydroxylation sites is 1. The van der Waals surface area contributed by atoms with Gasteiger partial charge in [0.25, 0.3) is 0 Å². The lowest BCUT2D eigenvalue weighted by atomic mass is 10.1. The molecule has 0 saturated heterocycles. The Bertz CT molecular complexity index is 299. The molecule has 1 aliphatic rings. The smallest absolute Gasteiger partial charge is 0.165 e. The van der Waals surface area contributed by atoms with Gasteiger partial charge in [-0.15, -0.1) is 0 Å². The molecule has 12 heavy (non-hydrogen) atoms. The maximum atomic E-state index is 9.39. The molecular weight excluding hydrogens is 154 g/mol. The Balaban J connectivity index is 2.46. The highest BCUT2D eigenvalue weighted by Crippen LogP contribution is 2.38. The van der Waals surface area contributed by atoms with Crippen LogP contribution in [0.15, 0.2) is 18.2 Å². The Morgan fingerprint density at radius 1 is 1.58 bits per heavy atom. The van der Waals surface area contributed by atoms with E-state index in [2.05, 4.69) is 5.32 Å². The predicted molar refractivity (Wildman–Crippen MR) is 45.4 cm³/mol. The van der Waals surface area contributed by atoms with Crippen molar-refractivity contribution in [2.24, 2.45) is 0 Å². The summed E-state index contributed by atoms with van der Waals surface area (Å²) in [7, 11) is 1.88. The molecule has 1 aromatic carbocycles. The zero-order chi connectivity index (χ0) is 8.55.